The second-order valence-corrected chi connectivity index (χ2v) is 6.91. The lowest BCUT2D eigenvalue weighted by Gasteiger charge is -2.25. The highest BCUT2D eigenvalue weighted by Gasteiger charge is 2.22. The third-order valence-corrected chi connectivity index (χ3v) is 4.07. The van der Waals surface area contributed by atoms with Gasteiger partial charge in [0, 0.05) is 11.6 Å². The van der Waals surface area contributed by atoms with Crippen molar-refractivity contribution >= 4 is 34.2 Å². The summed E-state index contributed by atoms with van der Waals surface area (Å²) in [7, 11) is 0. The number of aromatic nitrogens is 2. The molecule has 0 bridgehead atoms. The summed E-state index contributed by atoms with van der Waals surface area (Å²) in [4.78, 5) is 4.64. The van der Waals surface area contributed by atoms with E-state index in [-0.39, 0.29) is 10.8 Å². The van der Waals surface area contributed by atoms with Gasteiger partial charge in [-0.05, 0) is 37.0 Å². The van der Waals surface area contributed by atoms with Crippen LogP contribution >= 0.6 is 23.2 Å². The summed E-state index contributed by atoms with van der Waals surface area (Å²) in [6, 6.07) is 5.79. The maximum Gasteiger partial charge on any atom is 0.127 e. The minimum absolute atomic E-state index is 0.112. The Kier molecular flexibility index (Phi) is 4.12. The number of imidazole rings is 1. The Balaban J connectivity index is 2.60. The number of hydrogen-bond donors (Lipinski definition) is 0. The first kappa shape index (κ1) is 14.7. The minimum atomic E-state index is -0.112. The molecule has 1 atom stereocenters. The van der Waals surface area contributed by atoms with Gasteiger partial charge in [-0.1, -0.05) is 32.4 Å². The van der Waals surface area contributed by atoms with Gasteiger partial charge >= 0.3 is 0 Å². The number of rotatable bonds is 4. The van der Waals surface area contributed by atoms with Crippen molar-refractivity contribution in [2.75, 3.05) is 0 Å². The highest BCUT2D eigenvalue weighted by molar-refractivity contribution is 6.31. The van der Waals surface area contributed by atoms with Crippen molar-refractivity contribution in [1.82, 2.24) is 9.55 Å². The zero-order valence-electron chi connectivity index (χ0n) is 11.9. The maximum absolute atomic E-state index is 6.28. The van der Waals surface area contributed by atoms with Crippen molar-refractivity contribution in [2.45, 2.75) is 46.0 Å². The van der Waals surface area contributed by atoms with E-state index in [1.807, 2.05) is 25.1 Å². The topological polar surface area (TPSA) is 17.8 Å². The van der Waals surface area contributed by atoms with Gasteiger partial charge in [-0.2, -0.15) is 0 Å². The molecule has 1 unspecified atom stereocenters. The first-order valence-corrected chi connectivity index (χ1v) is 7.45. The van der Waals surface area contributed by atoms with Crippen LogP contribution in [0, 0.1) is 5.41 Å². The Hall–Kier alpha value is -0.730. The molecule has 0 aliphatic rings. The molecule has 104 valence electrons. The summed E-state index contributed by atoms with van der Waals surface area (Å²) >= 11 is 12.4. The SMILES string of the molecule is CCC(C)(C)Cn1c(C(C)Cl)nc2ccc(Cl)cc21. The van der Waals surface area contributed by atoms with Gasteiger partial charge in [0.15, 0.2) is 0 Å². The van der Waals surface area contributed by atoms with E-state index in [1.165, 1.54) is 0 Å². The monoisotopic (exact) mass is 298 g/mol. The third kappa shape index (κ3) is 3.06. The predicted molar refractivity (Wildman–Crippen MR) is 83.1 cm³/mol. The summed E-state index contributed by atoms with van der Waals surface area (Å²) in [5.74, 6) is 0.917. The number of nitrogens with zero attached hydrogens (tertiary/aromatic N) is 2. The molecule has 2 nitrogen and oxygen atoms in total. The van der Waals surface area contributed by atoms with E-state index in [0.717, 1.165) is 34.8 Å². The van der Waals surface area contributed by atoms with E-state index >= 15 is 0 Å². The molecule has 0 saturated carbocycles. The van der Waals surface area contributed by atoms with Gasteiger partial charge in [0.1, 0.15) is 5.82 Å². The van der Waals surface area contributed by atoms with Crippen molar-refractivity contribution in [3.63, 3.8) is 0 Å². The summed E-state index contributed by atoms with van der Waals surface area (Å²) in [6.07, 6.45) is 1.10. The van der Waals surface area contributed by atoms with Crippen molar-refractivity contribution < 1.29 is 0 Å². The van der Waals surface area contributed by atoms with Crippen LogP contribution in [0.3, 0.4) is 0 Å². The van der Waals surface area contributed by atoms with E-state index in [0.29, 0.717) is 0 Å². The summed E-state index contributed by atoms with van der Waals surface area (Å²) in [6.45, 7) is 9.57. The molecule has 0 fully saturated rings. The Labute approximate surface area is 124 Å². The summed E-state index contributed by atoms with van der Waals surface area (Å²) < 4.78 is 2.21. The average Bonchev–Trinajstić information content (AvgIpc) is 2.67. The molecule has 1 heterocycles. The zero-order chi connectivity index (χ0) is 14.2. The van der Waals surface area contributed by atoms with Crippen LogP contribution in [0.2, 0.25) is 5.02 Å². The molecule has 1 aromatic carbocycles. The second kappa shape index (κ2) is 5.34. The maximum atomic E-state index is 6.28. The highest BCUT2D eigenvalue weighted by Crippen LogP contribution is 2.31. The normalized spacial score (nSPS) is 14.0. The molecule has 19 heavy (non-hydrogen) atoms. The summed E-state index contributed by atoms with van der Waals surface area (Å²) in [5.41, 5.74) is 2.23. The minimum Gasteiger partial charge on any atom is -0.326 e. The smallest absolute Gasteiger partial charge is 0.127 e. The largest absolute Gasteiger partial charge is 0.326 e. The van der Waals surface area contributed by atoms with Crippen molar-refractivity contribution in [1.29, 1.82) is 0 Å². The number of alkyl halides is 1. The van der Waals surface area contributed by atoms with Gasteiger partial charge in [-0.25, -0.2) is 4.98 Å². The van der Waals surface area contributed by atoms with Crippen LogP contribution in [0.4, 0.5) is 0 Å². The molecule has 0 amide bonds. The fourth-order valence-electron chi connectivity index (χ4n) is 2.12. The van der Waals surface area contributed by atoms with E-state index in [4.69, 9.17) is 23.2 Å². The van der Waals surface area contributed by atoms with Crippen LogP contribution in [0.25, 0.3) is 11.0 Å². The van der Waals surface area contributed by atoms with Gasteiger partial charge in [-0.3, -0.25) is 0 Å². The van der Waals surface area contributed by atoms with Crippen LogP contribution in [-0.2, 0) is 6.54 Å². The molecule has 0 spiro atoms. The van der Waals surface area contributed by atoms with Crippen LogP contribution < -0.4 is 0 Å². The zero-order valence-corrected chi connectivity index (χ0v) is 13.4. The van der Waals surface area contributed by atoms with Crippen LogP contribution in [0.15, 0.2) is 18.2 Å². The summed E-state index contributed by atoms with van der Waals surface area (Å²) in [5, 5.41) is 0.621. The molecule has 2 rings (SSSR count). The van der Waals surface area contributed by atoms with Crippen molar-refractivity contribution in [2.24, 2.45) is 5.41 Å². The van der Waals surface area contributed by atoms with Crippen molar-refractivity contribution in [3.8, 4) is 0 Å². The first-order chi connectivity index (χ1) is 8.84. The molecule has 0 aliphatic heterocycles. The Morgan fingerprint density at radius 3 is 2.63 bits per heavy atom. The fourth-order valence-corrected chi connectivity index (χ4v) is 2.46. The quantitative estimate of drug-likeness (QED) is 0.689. The molecule has 0 radical (unpaired) electrons. The van der Waals surface area contributed by atoms with E-state index in [9.17, 15) is 0 Å². The molecule has 0 aliphatic carbocycles. The van der Waals surface area contributed by atoms with Gasteiger partial charge in [0.05, 0.1) is 16.4 Å². The molecule has 1 aromatic heterocycles. The average molecular weight is 299 g/mol. The van der Waals surface area contributed by atoms with E-state index in [1.54, 1.807) is 0 Å². The van der Waals surface area contributed by atoms with E-state index < -0.39 is 0 Å². The first-order valence-electron chi connectivity index (χ1n) is 6.64. The highest BCUT2D eigenvalue weighted by atomic mass is 35.5. The van der Waals surface area contributed by atoms with Gasteiger partial charge in [-0.15, -0.1) is 11.6 Å². The lowest BCUT2D eigenvalue weighted by molar-refractivity contribution is 0.294. The third-order valence-electron chi connectivity index (χ3n) is 3.64. The van der Waals surface area contributed by atoms with Crippen LogP contribution in [0.1, 0.15) is 45.3 Å². The number of fused-ring (bicyclic) bond motifs is 1. The van der Waals surface area contributed by atoms with Crippen molar-refractivity contribution in [3.05, 3.63) is 29.0 Å². The lowest BCUT2D eigenvalue weighted by Crippen LogP contribution is -2.20. The van der Waals surface area contributed by atoms with Gasteiger partial charge < -0.3 is 4.57 Å². The fraction of sp³-hybridized carbons (Fsp3) is 0.533. The molecular formula is C15H20Cl2N2. The number of benzene rings is 1. The Bertz CT molecular complexity index is 585. The number of hydrogen-bond acceptors (Lipinski definition) is 1. The number of halogens is 2. The lowest BCUT2D eigenvalue weighted by atomic mass is 9.90. The second-order valence-electron chi connectivity index (χ2n) is 5.82. The van der Waals surface area contributed by atoms with E-state index in [2.05, 4.69) is 30.3 Å². The Morgan fingerprint density at radius 1 is 1.37 bits per heavy atom. The van der Waals surface area contributed by atoms with Crippen LogP contribution in [-0.4, -0.2) is 9.55 Å². The molecule has 0 saturated heterocycles. The van der Waals surface area contributed by atoms with Gasteiger partial charge in [0.25, 0.3) is 0 Å². The predicted octanol–water partition coefficient (Wildman–Crippen LogP) is 5.43. The molecule has 4 heteroatoms. The standard InChI is InChI=1S/C15H20Cl2N2/c1-5-15(3,4)9-19-13-8-11(17)6-7-12(13)18-14(19)10(2)16/h6-8,10H,5,9H2,1-4H3. The molecule has 0 N–H and O–H groups in total. The molecule has 2 aromatic rings. The van der Waals surface area contributed by atoms with Crippen LogP contribution in [0.5, 0.6) is 0 Å². The van der Waals surface area contributed by atoms with Gasteiger partial charge in [0.2, 0.25) is 0 Å². The molecular weight excluding hydrogens is 279 g/mol. The Morgan fingerprint density at radius 2 is 2.05 bits per heavy atom.